The second-order valence-corrected chi connectivity index (χ2v) is 8.06. The van der Waals surface area contributed by atoms with Gasteiger partial charge in [0.1, 0.15) is 6.54 Å². The van der Waals surface area contributed by atoms with Crippen LogP contribution in [0.4, 0.5) is 0 Å². The summed E-state index contributed by atoms with van der Waals surface area (Å²) in [5, 5.41) is 8.97. The van der Waals surface area contributed by atoms with Gasteiger partial charge in [0.05, 0.1) is 27.6 Å². The van der Waals surface area contributed by atoms with Crippen LogP contribution in [0.15, 0.2) is 24.3 Å². The standard InChI is InChI=1S/C22H39NO4/c1-5-6-7-8-9-10-11-12-13-14-15-16-17-22(26)27-20(18-21(24)25)19-23(2,3)4/h6-7,13-14,20H,5,8-12,15-19H2,1-4H3/p+1/b7-6+,14-13+. The largest absolute Gasteiger partial charge is 0.481 e. The number of carbonyl (C=O) groups is 2. The summed E-state index contributed by atoms with van der Waals surface area (Å²) >= 11 is 0. The number of carbonyl (C=O) groups excluding carboxylic acids is 1. The fourth-order valence-electron chi connectivity index (χ4n) is 2.78. The Morgan fingerprint density at radius 3 is 2.00 bits per heavy atom. The zero-order valence-corrected chi connectivity index (χ0v) is 17.8. The van der Waals surface area contributed by atoms with Crippen molar-refractivity contribution in [2.24, 2.45) is 0 Å². The Balaban J connectivity index is 3.84. The molecule has 0 fully saturated rings. The van der Waals surface area contributed by atoms with Gasteiger partial charge in [-0.1, -0.05) is 37.6 Å². The lowest BCUT2D eigenvalue weighted by Crippen LogP contribution is -2.43. The number of esters is 1. The van der Waals surface area contributed by atoms with Crippen LogP contribution in [-0.4, -0.2) is 55.3 Å². The van der Waals surface area contributed by atoms with Crippen LogP contribution < -0.4 is 0 Å². The van der Waals surface area contributed by atoms with E-state index in [1.807, 2.05) is 21.1 Å². The molecule has 156 valence electrons. The number of nitrogens with zero attached hydrogens (tertiary/aromatic N) is 1. The van der Waals surface area contributed by atoms with Gasteiger partial charge in [-0.3, -0.25) is 9.59 Å². The van der Waals surface area contributed by atoms with Crippen LogP contribution >= 0.6 is 0 Å². The molecule has 1 N–H and O–H groups in total. The molecule has 0 saturated carbocycles. The number of quaternary nitrogens is 1. The lowest BCUT2D eigenvalue weighted by atomic mass is 10.1. The summed E-state index contributed by atoms with van der Waals surface area (Å²) in [6.07, 6.45) is 17.1. The average Bonchev–Trinajstić information content (AvgIpc) is 2.53. The Kier molecular flexibility index (Phi) is 14.5. The van der Waals surface area contributed by atoms with Crippen molar-refractivity contribution in [2.75, 3.05) is 27.7 Å². The number of rotatable bonds is 16. The third kappa shape index (κ3) is 19.0. The second kappa shape index (κ2) is 15.4. The van der Waals surface area contributed by atoms with Crippen molar-refractivity contribution < 1.29 is 23.9 Å². The summed E-state index contributed by atoms with van der Waals surface area (Å²) in [5.41, 5.74) is 0. The SMILES string of the molecule is CC/C=C/CCCCC/C=C/CCCC(=O)OC(CC(=O)O)C[N+](C)(C)C. The molecule has 0 aromatic carbocycles. The van der Waals surface area contributed by atoms with Crippen LogP contribution in [0.5, 0.6) is 0 Å². The molecule has 0 aliphatic carbocycles. The first-order chi connectivity index (χ1) is 12.7. The molecule has 27 heavy (non-hydrogen) atoms. The predicted octanol–water partition coefficient (Wildman–Crippen LogP) is 4.72. The normalized spacial score (nSPS) is 13.3. The maximum atomic E-state index is 12.0. The van der Waals surface area contributed by atoms with Crippen LogP contribution in [0.2, 0.25) is 0 Å². The summed E-state index contributed by atoms with van der Waals surface area (Å²) < 4.78 is 5.93. The molecule has 0 bridgehead atoms. The Labute approximate surface area is 165 Å². The molecule has 0 aliphatic rings. The van der Waals surface area contributed by atoms with Gasteiger partial charge in [-0.05, 0) is 44.9 Å². The first-order valence-electron chi connectivity index (χ1n) is 10.3. The number of hydrogen-bond acceptors (Lipinski definition) is 3. The molecule has 0 aromatic heterocycles. The van der Waals surface area contributed by atoms with Gasteiger partial charge in [0.15, 0.2) is 6.10 Å². The van der Waals surface area contributed by atoms with Crippen molar-refractivity contribution in [3.8, 4) is 0 Å². The Hall–Kier alpha value is -1.62. The van der Waals surface area contributed by atoms with Gasteiger partial charge in [0.2, 0.25) is 0 Å². The minimum Gasteiger partial charge on any atom is -0.481 e. The quantitative estimate of drug-likeness (QED) is 0.181. The van der Waals surface area contributed by atoms with E-state index in [0.29, 0.717) is 17.4 Å². The smallest absolute Gasteiger partial charge is 0.307 e. The average molecular weight is 383 g/mol. The molecule has 0 amide bonds. The molecular formula is C22H40NO4+. The lowest BCUT2D eigenvalue weighted by Gasteiger charge is -2.28. The van der Waals surface area contributed by atoms with Gasteiger partial charge in [0, 0.05) is 6.42 Å². The highest BCUT2D eigenvalue weighted by Crippen LogP contribution is 2.09. The number of aliphatic carboxylic acids is 1. The van der Waals surface area contributed by atoms with Crippen LogP contribution in [0.3, 0.4) is 0 Å². The predicted molar refractivity (Wildman–Crippen MR) is 111 cm³/mol. The highest BCUT2D eigenvalue weighted by molar-refractivity contribution is 5.71. The maximum Gasteiger partial charge on any atom is 0.307 e. The minimum atomic E-state index is -0.939. The number of hydrogen-bond donors (Lipinski definition) is 1. The van der Waals surface area contributed by atoms with E-state index in [4.69, 9.17) is 9.84 Å². The third-order valence-electron chi connectivity index (χ3n) is 4.01. The molecule has 0 radical (unpaired) electrons. The maximum absolute atomic E-state index is 12.0. The highest BCUT2D eigenvalue weighted by atomic mass is 16.5. The van der Waals surface area contributed by atoms with E-state index in [9.17, 15) is 9.59 Å². The molecule has 0 heterocycles. The van der Waals surface area contributed by atoms with E-state index in [-0.39, 0.29) is 12.4 Å². The number of likely N-dealkylation sites (N-methyl/N-ethyl adjacent to an activating group) is 1. The number of carboxylic acid groups (broad SMARTS) is 1. The van der Waals surface area contributed by atoms with E-state index >= 15 is 0 Å². The first kappa shape index (κ1) is 25.4. The van der Waals surface area contributed by atoms with Crippen molar-refractivity contribution in [1.82, 2.24) is 0 Å². The Morgan fingerprint density at radius 2 is 1.48 bits per heavy atom. The van der Waals surface area contributed by atoms with Gasteiger partial charge < -0.3 is 14.3 Å². The van der Waals surface area contributed by atoms with E-state index < -0.39 is 12.1 Å². The molecule has 0 aliphatic heterocycles. The van der Waals surface area contributed by atoms with Gasteiger partial charge in [-0.2, -0.15) is 0 Å². The minimum absolute atomic E-state index is 0.143. The number of carboxylic acids is 1. The number of allylic oxidation sites excluding steroid dienone is 4. The molecule has 5 nitrogen and oxygen atoms in total. The topological polar surface area (TPSA) is 63.6 Å². The van der Waals surface area contributed by atoms with E-state index in [2.05, 4.69) is 31.2 Å². The summed E-state index contributed by atoms with van der Waals surface area (Å²) in [6, 6.07) is 0. The Morgan fingerprint density at radius 1 is 0.926 bits per heavy atom. The molecule has 0 saturated heterocycles. The van der Waals surface area contributed by atoms with Crippen LogP contribution in [0.25, 0.3) is 0 Å². The van der Waals surface area contributed by atoms with Crippen LogP contribution in [0.1, 0.15) is 71.1 Å². The first-order valence-corrected chi connectivity index (χ1v) is 10.3. The van der Waals surface area contributed by atoms with Crippen LogP contribution in [-0.2, 0) is 14.3 Å². The fraction of sp³-hybridized carbons (Fsp3) is 0.727. The molecule has 1 unspecified atom stereocenters. The van der Waals surface area contributed by atoms with E-state index in [0.717, 1.165) is 25.7 Å². The summed E-state index contributed by atoms with van der Waals surface area (Å²) in [7, 11) is 5.86. The van der Waals surface area contributed by atoms with Crippen molar-refractivity contribution in [1.29, 1.82) is 0 Å². The van der Waals surface area contributed by atoms with Crippen LogP contribution in [0, 0.1) is 0 Å². The van der Waals surface area contributed by atoms with E-state index in [1.54, 1.807) is 0 Å². The molecule has 0 aromatic rings. The van der Waals surface area contributed by atoms with Gasteiger partial charge >= 0.3 is 11.9 Å². The highest BCUT2D eigenvalue weighted by Gasteiger charge is 2.24. The van der Waals surface area contributed by atoms with Crippen molar-refractivity contribution in [3.05, 3.63) is 24.3 Å². The van der Waals surface area contributed by atoms with Crippen molar-refractivity contribution in [2.45, 2.75) is 77.2 Å². The monoisotopic (exact) mass is 382 g/mol. The zero-order valence-electron chi connectivity index (χ0n) is 17.8. The van der Waals surface area contributed by atoms with Gasteiger partial charge in [-0.15, -0.1) is 0 Å². The number of ether oxygens (including phenoxy) is 1. The molecule has 0 spiro atoms. The van der Waals surface area contributed by atoms with Crippen molar-refractivity contribution in [3.63, 3.8) is 0 Å². The van der Waals surface area contributed by atoms with E-state index in [1.165, 1.54) is 25.7 Å². The third-order valence-corrected chi connectivity index (χ3v) is 4.01. The van der Waals surface area contributed by atoms with Crippen molar-refractivity contribution >= 4 is 11.9 Å². The fourth-order valence-corrected chi connectivity index (χ4v) is 2.78. The Bertz CT molecular complexity index is 463. The van der Waals surface area contributed by atoms with Gasteiger partial charge in [-0.25, -0.2) is 0 Å². The zero-order chi connectivity index (χ0) is 20.5. The van der Waals surface area contributed by atoms with Gasteiger partial charge in [0.25, 0.3) is 0 Å². The number of unbranched alkanes of at least 4 members (excludes halogenated alkanes) is 5. The second-order valence-electron chi connectivity index (χ2n) is 8.06. The summed E-state index contributed by atoms with van der Waals surface area (Å²) in [4.78, 5) is 22.9. The molecule has 5 heteroatoms. The summed E-state index contributed by atoms with van der Waals surface area (Å²) in [6.45, 7) is 2.65. The molecule has 0 rings (SSSR count). The summed E-state index contributed by atoms with van der Waals surface area (Å²) in [5.74, 6) is -1.24. The lowest BCUT2D eigenvalue weighted by molar-refractivity contribution is -0.873. The molecular weight excluding hydrogens is 342 g/mol. The molecule has 1 atom stereocenters.